The van der Waals surface area contributed by atoms with Gasteiger partial charge in [-0.2, -0.15) is 4.98 Å². The zero-order valence-electron chi connectivity index (χ0n) is 18.3. The number of aryl methyl sites for hydroxylation is 1. The first-order valence-corrected chi connectivity index (χ1v) is 11.9. The van der Waals surface area contributed by atoms with E-state index in [-0.39, 0.29) is 23.3 Å². The smallest absolute Gasteiger partial charge is 0.231 e. The maximum atomic E-state index is 11.4. The number of aromatic nitrogens is 3. The molecule has 0 saturated carbocycles. The summed E-state index contributed by atoms with van der Waals surface area (Å²) in [4.78, 5) is 12.7. The molecule has 0 atom stereocenters. The van der Waals surface area contributed by atoms with E-state index in [1.807, 2.05) is 30.3 Å². The van der Waals surface area contributed by atoms with Crippen molar-refractivity contribution in [2.75, 3.05) is 23.9 Å². The number of hydrogen-bond donors (Lipinski definition) is 3. The second-order valence-corrected chi connectivity index (χ2v) is 9.17. The van der Waals surface area contributed by atoms with Crippen LogP contribution in [-0.4, -0.2) is 41.3 Å². The highest BCUT2D eigenvalue weighted by Gasteiger charge is 2.12. The molecule has 4 N–H and O–H groups in total. The van der Waals surface area contributed by atoms with Crippen LogP contribution in [0.4, 0.5) is 17.5 Å². The molecule has 0 spiro atoms. The third-order valence-electron chi connectivity index (χ3n) is 4.45. The van der Waals surface area contributed by atoms with Gasteiger partial charge < -0.3 is 20.6 Å². The predicted molar refractivity (Wildman–Crippen MR) is 127 cm³/mol. The van der Waals surface area contributed by atoms with Crippen LogP contribution in [0.3, 0.4) is 0 Å². The van der Waals surface area contributed by atoms with Gasteiger partial charge in [-0.1, -0.05) is 30.3 Å². The Morgan fingerprint density at radius 2 is 1.73 bits per heavy atom. The van der Waals surface area contributed by atoms with Crippen molar-refractivity contribution in [1.82, 2.24) is 15.0 Å². The van der Waals surface area contributed by atoms with E-state index in [4.69, 9.17) is 15.3 Å². The second kappa shape index (κ2) is 10.7. The number of nitrogen functional groups attached to an aromatic ring is 1. The number of rotatable bonds is 6. The first kappa shape index (κ1) is 23.9. The van der Waals surface area contributed by atoms with Gasteiger partial charge in [0.2, 0.25) is 11.8 Å². The number of benzene rings is 2. The van der Waals surface area contributed by atoms with Crippen molar-refractivity contribution < 1.29 is 17.9 Å². The highest BCUT2D eigenvalue weighted by Crippen LogP contribution is 2.25. The van der Waals surface area contributed by atoms with Crippen LogP contribution in [0, 0.1) is 6.92 Å². The number of nitrogens with one attached hydrogen (secondary N) is 1. The molecule has 172 valence electrons. The van der Waals surface area contributed by atoms with Crippen molar-refractivity contribution in [2.24, 2.45) is 0 Å². The van der Waals surface area contributed by atoms with E-state index in [1.54, 1.807) is 25.3 Å². The summed E-state index contributed by atoms with van der Waals surface area (Å²) in [5.41, 5.74) is 8.26. The molecule has 4 aromatic rings. The minimum Gasteiger partial charge on any atom is -0.441 e. The Morgan fingerprint density at radius 3 is 2.27 bits per heavy atom. The Kier molecular flexibility index (Phi) is 7.75. The predicted octanol–water partition coefficient (Wildman–Crippen LogP) is 3.39. The highest BCUT2D eigenvalue weighted by molar-refractivity contribution is 7.90. The summed E-state index contributed by atoms with van der Waals surface area (Å²) in [7, 11) is -3.23. The zero-order valence-corrected chi connectivity index (χ0v) is 19.1. The third kappa shape index (κ3) is 6.86. The van der Waals surface area contributed by atoms with Crippen molar-refractivity contribution in [3.8, 4) is 11.5 Å². The zero-order chi connectivity index (χ0) is 23.8. The standard InChI is InChI=1S/C15H15N5O3S.C8H10O/c1-9-7-17-14(23-9)12-8-18-15(20-13(12)16)19-10-3-5-11(6-4-10)24(2,21)22;9-7-6-8-4-2-1-3-5-8/h3-8H,1-2H3,(H3,16,18,19,20);1-5,9H,6-7H2. The molecule has 9 nitrogen and oxygen atoms in total. The van der Waals surface area contributed by atoms with E-state index in [2.05, 4.69) is 20.3 Å². The molecule has 0 aliphatic rings. The summed E-state index contributed by atoms with van der Waals surface area (Å²) in [6.45, 7) is 2.02. The molecule has 4 rings (SSSR count). The Hall–Kier alpha value is -3.76. The largest absolute Gasteiger partial charge is 0.441 e. The summed E-state index contributed by atoms with van der Waals surface area (Å²) in [6.07, 6.45) is 5.02. The van der Waals surface area contributed by atoms with E-state index < -0.39 is 9.84 Å². The number of anilines is 3. The molecule has 0 fully saturated rings. The van der Waals surface area contributed by atoms with E-state index in [1.165, 1.54) is 23.9 Å². The van der Waals surface area contributed by atoms with Gasteiger partial charge in [0.15, 0.2) is 9.84 Å². The molecular formula is C23H25N5O4S. The van der Waals surface area contributed by atoms with Gasteiger partial charge in [-0.15, -0.1) is 0 Å². The lowest BCUT2D eigenvalue weighted by atomic mass is 10.2. The Bertz CT molecular complexity index is 1290. The normalized spacial score (nSPS) is 10.9. The SMILES string of the molecule is Cc1cnc(-c2cnc(Nc3ccc(S(C)(=O)=O)cc3)nc2N)o1.OCCc1ccccc1. The molecule has 0 aliphatic heterocycles. The number of oxazole rings is 1. The van der Waals surface area contributed by atoms with Crippen molar-refractivity contribution in [2.45, 2.75) is 18.2 Å². The molecular weight excluding hydrogens is 442 g/mol. The topological polar surface area (TPSA) is 144 Å². The highest BCUT2D eigenvalue weighted by atomic mass is 32.2. The molecule has 2 aromatic carbocycles. The van der Waals surface area contributed by atoms with Gasteiger partial charge in [-0.3, -0.25) is 0 Å². The number of hydrogen-bond acceptors (Lipinski definition) is 9. The number of aliphatic hydroxyl groups is 1. The fourth-order valence-corrected chi connectivity index (χ4v) is 3.42. The minimum atomic E-state index is -3.23. The van der Waals surface area contributed by atoms with E-state index in [9.17, 15) is 8.42 Å². The van der Waals surface area contributed by atoms with Gasteiger partial charge in [0.05, 0.1) is 16.7 Å². The van der Waals surface area contributed by atoms with E-state index >= 15 is 0 Å². The number of nitrogens with zero attached hydrogens (tertiary/aromatic N) is 3. The summed E-state index contributed by atoms with van der Waals surface area (Å²) < 4.78 is 28.3. The molecule has 2 heterocycles. The molecule has 0 amide bonds. The minimum absolute atomic E-state index is 0.224. The molecule has 0 saturated heterocycles. The van der Waals surface area contributed by atoms with Crippen LogP contribution in [0.5, 0.6) is 0 Å². The Balaban J connectivity index is 0.000000286. The van der Waals surface area contributed by atoms with Gasteiger partial charge in [0, 0.05) is 24.7 Å². The lowest BCUT2D eigenvalue weighted by molar-refractivity contribution is 0.299. The third-order valence-corrected chi connectivity index (χ3v) is 5.58. The molecule has 2 aromatic heterocycles. The first-order valence-electron chi connectivity index (χ1n) is 10.0. The number of nitrogens with two attached hydrogens (primary N) is 1. The van der Waals surface area contributed by atoms with Crippen LogP contribution < -0.4 is 11.1 Å². The van der Waals surface area contributed by atoms with Crippen LogP contribution in [0.1, 0.15) is 11.3 Å². The average molecular weight is 468 g/mol. The molecule has 33 heavy (non-hydrogen) atoms. The van der Waals surface area contributed by atoms with Crippen LogP contribution in [0.25, 0.3) is 11.5 Å². The summed E-state index contributed by atoms with van der Waals surface area (Å²) in [5.74, 6) is 1.53. The van der Waals surface area contributed by atoms with Crippen molar-refractivity contribution in [3.05, 3.63) is 78.3 Å². The summed E-state index contributed by atoms with van der Waals surface area (Å²) >= 11 is 0. The van der Waals surface area contributed by atoms with Gasteiger partial charge >= 0.3 is 0 Å². The molecule has 0 aliphatic carbocycles. The van der Waals surface area contributed by atoms with Crippen molar-refractivity contribution in [3.63, 3.8) is 0 Å². The monoisotopic (exact) mass is 467 g/mol. The molecule has 0 bridgehead atoms. The van der Waals surface area contributed by atoms with Gasteiger partial charge in [0.25, 0.3) is 0 Å². The van der Waals surface area contributed by atoms with Crippen LogP contribution in [-0.2, 0) is 16.3 Å². The fraction of sp³-hybridized carbons (Fsp3) is 0.174. The summed E-state index contributed by atoms with van der Waals surface area (Å²) in [5, 5.41) is 11.5. The average Bonchev–Trinajstić information content (AvgIpc) is 3.21. The van der Waals surface area contributed by atoms with Crippen LogP contribution in [0.15, 0.2) is 76.3 Å². The van der Waals surface area contributed by atoms with Gasteiger partial charge in [0.1, 0.15) is 11.6 Å². The quantitative estimate of drug-likeness (QED) is 0.388. The van der Waals surface area contributed by atoms with Gasteiger partial charge in [-0.05, 0) is 43.2 Å². The maximum Gasteiger partial charge on any atom is 0.231 e. The Morgan fingerprint density at radius 1 is 1.03 bits per heavy atom. The van der Waals surface area contributed by atoms with Crippen molar-refractivity contribution >= 4 is 27.3 Å². The fourth-order valence-electron chi connectivity index (χ4n) is 2.79. The Labute approximate surface area is 192 Å². The molecule has 10 heteroatoms. The van der Waals surface area contributed by atoms with Crippen LogP contribution in [0.2, 0.25) is 0 Å². The van der Waals surface area contributed by atoms with Gasteiger partial charge in [-0.25, -0.2) is 18.4 Å². The maximum absolute atomic E-state index is 11.4. The molecule has 0 radical (unpaired) electrons. The van der Waals surface area contributed by atoms with Crippen molar-refractivity contribution in [1.29, 1.82) is 0 Å². The molecule has 0 unspecified atom stereocenters. The number of aliphatic hydroxyl groups excluding tert-OH is 1. The number of sulfone groups is 1. The van der Waals surface area contributed by atoms with E-state index in [0.29, 0.717) is 22.9 Å². The lowest BCUT2D eigenvalue weighted by Gasteiger charge is -2.07. The first-order chi connectivity index (χ1) is 15.8. The lowest BCUT2D eigenvalue weighted by Crippen LogP contribution is -2.02. The second-order valence-electron chi connectivity index (χ2n) is 7.15. The summed E-state index contributed by atoms with van der Waals surface area (Å²) in [6, 6.07) is 16.2. The van der Waals surface area contributed by atoms with Crippen LogP contribution >= 0.6 is 0 Å². The van der Waals surface area contributed by atoms with E-state index in [0.717, 1.165) is 12.7 Å².